The number of ether oxygens (including phenoxy) is 1. The average molecular weight is 507 g/mol. The lowest BCUT2D eigenvalue weighted by molar-refractivity contribution is -0.141. The first kappa shape index (κ1) is 26.4. The fourth-order valence-corrected chi connectivity index (χ4v) is 4.24. The van der Waals surface area contributed by atoms with Crippen molar-refractivity contribution in [2.75, 3.05) is 23.4 Å². The molecule has 0 aromatic heterocycles. The van der Waals surface area contributed by atoms with Crippen LogP contribution in [0.5, 0.6) is 0 Å². The zero-order valence-corrected chi connectivity index (χ0v) is 21.7. The molecule has 0 saturated carbocycles. The van der Waals surface area contributed by atoms with Crippen molar-refractivity contribution in [2.24, 2.45) is 0 Å². The third-order valence-corrected chi connectivity index (χ3v) is 6.14. The molecule has 4 aromatic rings. The van der Waals surface area contributed by atoms with Gasteiger partial charge in [-0.3, -0.25) is 19.3 Å². The standard InChI is InChI=1S/C32H30N2O4/c1-4-38-30(35)21-34(32(37)25-10-6-5-7-11-25)29-19-18-26(20-23(29)3)33-31(36)28-13-9-8-12-27(28)24-16-14-22(2)15-17-24/h5-20H,4,21H2,1-3H3,(H,33,36). The highest BCUT2D eigenvalue weighted by Gasteiger charge is 2.23. The van der Waals surface area contributed by atoms with Crippen LogP contribution in [0, 0.1) is 13.8 Å². The normalized spacial score (nSPS) is 10.5. The van der Waals surface area contributed by atoms with Crippen LogP contribution in [0.1, 0.15) is 38.8 Å². The summed E-state index contributed by atoms with van der Waals surface area (Å²) in [6.07, 6.45) is 0. The first-order chi connectivity index (χ1) is 18.4. The van der Waals surface area contributed by atoms with Crippen LogP contribution in [0.4, 0.5) is 11.4 Å². The molecule has 0 aliphatic rings. The Hall–Kier alpha value is -4.71. The molecular weight excluding hydrogens is 476 g/mol. The highest BCUT2D eigenvalue weighted by atomic mass is 16.5. The van der Waals surface area contributed by atoms with Crippen molar-refractivity contribution in [3.8, 4) is 11.1 Å². The second kappa shape index (κ2) is 12.0. The van der Waals surface area contributed by atoms with Gasteiger partial charge in [0, 0.05) is 22.5 Å². The van der Waals surface area contributed by atoms with Crippen LogP contribution < -0.4 is 10.2 Å². The Bertz CT molecular complexity index is 1450. The van der Waals surface area contributed by atoms with Gasteiger partial charge in [-0.1, -0.05) is 66.2 Å². The molecule has 0 saturated heterocycles. The van der Waals surface area contributed by atoms with Gasteiger partial charge >= 0.3 is 5.97 Å². The predicted octanol–water partition coefficient (Wildman–Crippen LogP) is 6.43. The van der Waals surface area contributed by atoms with E-state index in [1.165, 1.54) is 4.90 Å². The number of nitrogens with zero attached hydrogens (tertiary/aromatic N) is 1. The molecule has 0 atom stereocenters. The van der Waals surface area contributed by atoms with Gasteiger partial charge in [-0.15, -0.1) is 0 Å². The molecule has 0 unspecified atom stereocenters. The highest BCUT2D eigenvalue weighted by molar-refractivity contribution is 6.10. The van der Waals surface area contributed by atoms with Crippen molar-refractivity contribution in [3.63, 3.8) is 0 Å². The number of aryl methyl sites for hydroxylation is 2. The quantitative estimate of drug-likeness (QED) is 0.279. The maximum atomic E-state index is 13.3. The van der Waals surface area contributed by atoms with Gasteiger partial charge in [0.15, 0.2) is 0 Å². The van der Waals surface area contributed by atoms with Gasteiger partial charge in [0.1, 0.15) is 6.54 Å². The van der Waals surface area contributed by atoms with Gasteiger partial charge in [0.05, 0.1) is 6.61 Å². The van der Waals surface area contributed by atoms with Crippen molar-refractivity contribution < 1.29 is 19.1 Å². The van der Waals surface area contributed by atoms with Gasteiger partial charge in [-0.2, -0.15) is 0 Å². The Kier molecular flexibility index (Phi) is 8.34. The first-order valence-corrected chi connectivity index (χ1v) is 12.5. The van der Waals surface area contributed by atoms with Crippen LogP contribution in [0.3, 0.4) is 0 Å². The third-order valence-electron chi connectivity index (χ3n) is 6.14. The monoisotopic (exact) mass is 506 g/mol. The van der Waals surface area contributed by atoms with Crippen LogP contribution in [-0.4, -0.2) is 30.9 Å². The predicted molar refractivity (Wildman–Crippen MR) is 150 cm³/mol. The van der Waals surface area contributed by atoms with Crippen molar-refractivity contribution in [1.29, 1.82) is 0 Å². The molecule has 0 aliphatic heterocycles. The minimum absolute atomic E-state index is 0.222. The summed E-state index contributed by atoms with van der Waals surface area (Å²) in [5.41, 5.74) is 5.83. The number of amides is 2. The van der Waals surface area contributed by atoms with E-state index < -0.39 is 5.97 Å². The van der Waals surface area contributed by atoms with Crippen molar-refractivity contribution in [1.82, 2.24) is 0 Å². The molecule has 0 radical (unpaired) electrons. The van der Waals surface area contributed by atoms with Gasteiger partial charge in [0.25, 0.3) is 11.8 Å². The van der Waals surface area contributed by atoms with E-state index in [9.17, 15) is 14.4 Å². The van der Waals surface area contributed by atoms with Crippen molar-refractivity contribution in [3.05, 3.63) is 119 Å². The zero-order valence-electron chi connectivity index (χ0n) is 21.7. The Balaban J connectivity index is 1.60. The smallest absolute Gasteiger partial charge is 0.326 e. The van der Waals surface area contributed by atoms with E-state index >= 15 is 0 Å². The van der Waals surface area contributed by atoms with E-state index in [1.807, 2.05) is 62.4 Å². The molecular formula is C32H30N2O4. The van der Waals surface area contributed by atoms with E-state index in [1.54, 1.807) is 55.5 Å². The summed E-state index contributed by atoms with van der Waals surface area (Å²) in [7, 11) is 0. The van der Waals surface area contributed by atoms with Crippen LogP contribution in [0.2, 0.25) is 0 Å². The fourth-order valence-electron chi connectivity index (χ4n) is 4.24. The van der Waals surface area contributed by atoms with Gasteiger partial charge in [-0.25, -0.2) is 0 Å². The van der Waals surface area contributed by atoms with E-state index in [0.717, 1.165) is 22.3 Å². The minimum atomic E-state index is -0.499. The summed E-state index contributed by atoms with van der Waals surface area (Å²) in [5, 5.41) is 2.97. The minimum Gasteiger partial charge on any atom is -0.465 e. The molecule has 0 fully saturated rings. The van der Waals surface area contributed by atoms with Crippen LogP contribution in [0.25, 0.3) is 11.1 Å². The SMILES string of the molecule is CCOC(=O)CN(C(=O)c1ccccc1)c1ccc(NC(=O)c2ccccc2-c2ccc(C)cc2)cc1C. The van der Waals surface area contributed by atoms with Crippen molar-refractivity contribution >= 4 is 29.2 Å². The number of hydrogen-bond acceptors (Lipinski definition) is 4. The van der Waals surface area contributed by atoms with E-state index in [0.29, 0.717) is 22.5 Å². The zero-order chi connectivity index (χ0) is 27.1. The lowest BCUT2D eigenvalue weighted by Gasteiger charge is -2.24. The van der Waals surface area contributed by atoms with Crippen LogP contribution in [-0.2, 0) is 9.53 Å². The Morgan fingerprint density at radius 1 is 0.816 bits per heavy atom. The number of benzene rings is 4. The number of rotatable bonds is 8. The Morgan fingerprint density at radius 3 is 2.18 bits per heavy atom. The van der Waals surface area contributed by atoms with Crippen LogP contribution in [0.15, 0.2) is 97.1 Å². The molecule has 6 nitrogen and oxygen atoms in total. The molecule has 0 spiro atoms. The molecule has 38 heavy (non-hydrogen) atoms. The Morgan fingerprint density at radius 2 is 1.50 bits per heavy atom. The summed E-state index contributed by atoms with van der Waals surface area (Å²) in [6.45, 7) is 5.58. The number of nitrogens with one attached hydrogen (secondary N) is 1. The number of hydrogen-bond donors (Lipinski definition) is 1. The number of carbonyl (C=O) groups excluding carboxylic acids is 3. The number of carbonyl (C=O) groups is 3. The molecule has 2 amide bonds. The fraction of sp³-hybridized carbons (Fsp3) is 0.156. The van der Waals surface area contributed by atoms with Gasteiger partial charge in [-0.05, 0) is 73.9 Å². The summed E-state index contributed by atoms with van der Waals surface area (Å²) < 4.78 is 5.11. The Labute approximate surface area is 222 Å². The van der Waals surface area contributed by atoms with Gasteiger partial charge < -0.3 is 10.1 Å². The summed E-state index contributed by atoms with van der Waals surface area (Å²) >= 11 is 0. The maximum Gasteiger partial charge on any atom is 0.326 e. The van der Waals surface area contributed by atoms with Gasteiger partial charge in [0.2, 0.25) is 0 Å². The first-order valence-electron chi connectivity index (χ1n) is 12.5. The molecule has 0 heterocycles. The number of esters is 1. The highest BCUT2D eigenvalue weighted by Crippen LogP contribution is 2.28. The number of anilines is 2. The van der Waals surface area contributed by atoms with E-state index in [4.69, 9.17) is 4.74 Å². The molecule has 192 valence electrons. The topological polar surface area (TPSA) is 75.7 Å². The average Bonchev–Trinajstić information content (AvgIpc) is 2.93. The summed E-state index contributed by atoms with van der Waals surface area (Å²) in [6, 6.07) is 29.5. The lowest BCUT2D eigenvalue weighted by atomic mass is 9.98. The molecule has 1 N–H and O–H groups in total. The largest absolute Gasteiger partial charge is 0.465 e. The summed E-state index contributed by atoms with van der Waals surface area (Å²) in [4.78, 5) is 40.3. The van der Waals surface area contributed by atoms with E-state index in [2.05, 4.69) is 5.32 Å². The molecule has 0 bridgehead atoms. The van der Waals surface area contributed by atoms with Crippen LogP contribution >= 0.6 is 0 Å². The van der Waals surface area contributed by atoms with E-state index in [-0.39, 0.29) is 25.0 Å². The third kappa shape index (κ3) is 6.16. The molecule has 6 heteroatoms. The second-order valence-corrected chi connectivity index (χ2v) is 8.93. The molecule has 4 aromatic carbocycles. The molecule has 4 rings (SSSR count). The van der Waals surface area contributed by atoms with Crippen molar-refractivity contribution in [2.45, 2.75) is 20.8 Å². The lowest BCUT2D eigenvalue weighted by Crippen LogP contribution is -2.37. The maximum absolute atomic E-state index is 13.3. The molecule has 0 aliphatic carbocycles. The second-order valence-electron chi connectivity index (χ2n) is 8.93. The summed E-state index contributed by atoms with van der Waals surface area (Å²) in [5.74, 6) is -1.05.